The van der Waals surface area contributed by atoms with Crippen molar-refractivity contribution in [2.24, 2.45) is 0 Å². The van der Waals surface area contributed by atoms with E-state index < -0.39 is 10.0 Å². The molecule has 0 aliphatic rings. The Morgan fingerprint density at radius 2 is 1.71 bits per heavy atom. The summed E-state index contributed by atoms with van der Waals surface area (Å²) in [7, 11) is -3.59. The minimum atomic E-state index is -3.59. The molecule has 0 bridgehead atoms. The summed E-state index contributed by atoms with van der Waals surface area (Å²) in [5.41, 5.74) is 0.834. The molecule has 0 radical (unpaired) electrons. The van der Waals surface area contributed by atoms with Gasteiger partial charge in [0.1, 0.15) is 6.54 Å². The molecule has 0 heterocycles. The zero-order valence-electron chi connectivity index (χ0n) is 12.6. The summed E-state index contributed by atoms with van der Waals surface area (Å²) in [5.74, 6) is -0.490. The average molecular weight is 312 g/mol. The molecule has 0 fully saturated rings. The average Bonchev–Trinajstić information content (AvgIpc) is 2.34. The second kappa shape index (κ2) is 6.71. The van der Waals surface area contributed by atoms with Crippen LogP contribution >= 0.6 is 0 Å². The largest absolute Gasteiger partial charge is 0.352 e. The number of ketones is 1. The number of Topliss-reactive ketones (excluding diaryl/α,β-unsaturated/α-hetero) is 1. The van der Waals surface area contributed by atoms with Gasteiger partial charge >= 0.3 is 0 Å². The van der Waals surface area contributed by atoms with Crippen LogP contribution in [-0.2, 0) is 14.8 Å². The number of nitrogens with zero attached hydrogens (tertiary/aromatic N) is 1. The van der Waals surface area contributed by atoms with Gasteiger partial charge < -0.3 is 5.32 Å². The van der Waals surface area contributed by atoms with Gasteiger partial charge in [0, 0.05) is 11.6 Å². The highest BCUT2D eigenvalue weighted by Crippen LogP contribution is 2.18. The van der Waals surface area contributed by atoms with E-state index in [1.807, 2.05) is 0 Å². The molecule has 1 aromatic rings. The van der Waals surface area contributed by atoms with Gasteiger partial charge in [-0.3, -0.25) is 13.9 Å². The minimum absolute atomic E-state index is 0.0704. The fraction of sp³-hybridized carbons (Fsp3) is 0.429. The number of rotatable bonds is 6. The molecule has 116 valence electrons. The Hall–Kier alpha value is -1.89. The fourth-order valence-corrected chi connectivity index (χ4v) is 2.62. The Balaban J connectivity index is 3.04. The van der Waals surface area contributed by atoms with Crippen LogP contribution in [0.5, 0.6) is 0 Å². The lowest BCUT2D eigenvalue weighted by atomic mass is 10.1. The molecule has 0 spiro atoms. The summed E-state index contributed by atoms with van der Waals surface area (Å²) in [5, 5.41) is 2.65. The van der Waals surface area contributed by atoms with Gasteiger partial charge in [0.05, 0.1) is 11.9 Å². The minimum Gasteiger partial charge on any atom is -0.352 e. The molecule has 0 saturated heterocycles. The molecule has 0 unspecified atom stereocenters. The molecule has 0 saturated carbocycles. The number of hydrogen-bond donors (Lipinski definition) is 1. The van der Waals surface area contributed by atoms with E-state index >= 15 is 0 Å². The molecule has 1 aromatic carbocycles. The molecule has 0 aromatic heterocycles. The lowest BCUT2D eigenvalue weighted by Gasteiger charge is -2.22. The van der Waals surface area contributed by atoms with E-state index in [-0.39, 0.29) is 24.3 Å². The van der Waals surface area contributed by atoms with Crippen molar-refractivity contribution in [3.05, 3.63) is 29.8 Å². The number of hydrogen-bond acceptors (Lipinski definition) is 4. The summed E-state index contributed by atoms with van der Waals surface area (Å²) in [6.07, 6.45) is 1.04. The lowest BCUT2D eigenvalue weighted by Crippen LogP contribution is -2.42. The van der Waals surface area contributed by atoms with Gasteiger partial charge in [0.25, 0.3) is 0 Å². The van der Waals surface area contributed by atoms with Gasteiger partial charge in [0.2, 0.25) is 15.9 Å². The first kappa shape index (κ1) is 17.2. The topological polar surface area (TPSA) is 83.6 Å². The van der Waals surface area contributed by atoms with Crippen molar-refractivity contribution in [1.82, 2.24) is 5.32 Å². The second-order valence-electron chi connectivity index (χ2n) is 5.09. The van der Waals surface area contributed by atoms with E-state index in [4.69, 9.17) is 0 Å². The smallest absolute Gasteiger partial charge is 0.240 e. The first-order chi connectivity index (χ1) is 9.61. The Bertz CT molecular complexity index is 621. The van der Waals surface area contributed by atoms with Crippen LogP contribution in [0.15, 0.2) is 24.3 Å². The molecule has 0 aliphatic carbocycles. The fourth-order valence-electron chi connectivity index (χ4n) is 1.76. The third-order valence-electron chi connectivity index (χ3n) is 2.70. The first-order valence-corrected chi connectivity index (χ1v) is 8.34. The number of carbonyl (C=O) groups is 2. The molecule has 1 rings (SSSR count). The highest BCUT2D eigenvalue weighted by Gasteiger charge is 2.21. The Labute approximate surface area is 125 Å². The number of nitrogens with one attached hydrogen (secondary N) is 1. The van der Waals surface area contributed by atoms with Crippen LogP contribution in [0.25, 0.3) is 0 Å². The van der Waals surface area contributed by atoms with Crippen molar-refractivity contribution in [2.75, 3.05) is 17.1 Å². The monoisotopic (exact) mass is 312 g/mol. The predicted octanol–water partition coefficient (Wildman–Crippen LogP) is 1.18. The van der Waals surface area contributed by atoms with Crippen molar-refractivity contribution in [3.8, 4) is 0 Å². The Kier molecular flexibility index (Phi) is 5.48. The zero-order valence-corrected chi connectivity index (χ0v) is 13.4. The maximum Gasteiger partial charge on any atom is 0.240 e. The number of benzene rings is 1. The van der Waals surface area contributed by atoms with Gasteiger partial charge in [-0.25, -0.2) is 8.42 Å². The zero-order chi connectivity index (χ0) is 16.2. The molecule has 7 heteroatoms. The SMILES string of the molecule is CC(=O)c1ccc(N(CC(=O)NC(C)C)S(C)(=O)=O)cc1. The Morgan fingerprint density at radius 1 is 1.19 bits per heavy atom. The summed E-state index contributed by atoms with van der Waals surface area (Å²) in [4.78, 5) is 23.0. The number of carbonyl (C=O) groups excluding carboxylic acids is 2. The van der Waals surface area contributed by atoms with Crippen LogP contribution in [-0.4, -0.2) is 39.0 Å². The van der Waals surface area contributed by atoms with Crippen LogP contribution in [0.1, 0.15) is 31.1 Å². The van der Waals surface area contributed by atoms with Crippen LogP contribution in [0.3, 0.4) is 0 Å². The first-order valence-electron chi connectivity index (χ1n) is 6.49. The van der Waals surface area contributed by atoms with Gasteiger partial charge in [-0.2, -0.15) is 0 Å². The molecule has 21 heavy (non-hydrogen) atoms. The van der Waals surface area contributed by atoms with Crippen LogP contribution in [0.2, 0.25) is 0 Å². The molecular weight excluding hydrogens is 292 g/mol. The molecule has 6 nitrogen and oxygen atoms in total. The van der Waals surface area contributed by atoms with Crippen molar-refractivity contribution in [2.45, 2.75) is 26.8 Å². The number of sulfonamides is 1. The third kappa shape index (κ3) is 5.18. The van der Waals surface area contributed by atoms with Crippen LogP contribution < -0.4 is 9.62 Å². The lowest BCUT2D eigenvalue weighted by molar-refractivity contribution is -0.120. The summed E-state index contributed by atoms with van der Waals surface area (Å²) in [6, 6.07) is 6.03. The van der Waals surface area contributed by atoms with E-state index in [0.29, 0.717) is 11.3 Å². The molecular formula is C14H20N2O4S. The molecule has 1 N–H and O–H groups in total. The van der Waals surface area contributed by atoms with Crippen molar-refractivity contribution < 1.29 is 18.0 Å². The van der Waals surface area contributed by atoms with Crippen molar-refractivity contribution >= 4 is 27.4 Å². The maximum absolute atomic E-state index is 11.9. The highest BCUT2D eigenvalue weighted by atomic mass is 32.2. The Morgan fingerprint density at radius 3 is 2.10 bits per heavy atom. The van der Waals surface area contributed by atoms with Gasteiger partial charge in [-0.1, -0.05) is 0 Å². The summed E-state index contributed by atoms with van der Waals surface area (Å²) in [6.45, 7) is 4.73. The van der Waals surface area contributed by atoms with E-state index in [2.05, 4.69) is 5.32 Å². The van der Waals surface area contributed by atoms with E-state index in [1.165, 1.54) is 31.2 Å². The van der Waals surface area contributed by atoms with Gasteiger partial charge in [0.15, 0.2) is 5.78 Å². The summed E-state index contributed by atoms with van der Waals surface area (Å²) < 4.78 is 24.7. The van der Waals surface area contributed by atoms with E-state index in [1.54, 1.807) is 13.8 Å². The quantitative estimate of drug-likeness (QED) is 0.800. The highest BCUT2D eigenvalue weighted by molar-refractivity contribution is 7.92. The van der Waals surface area contributed by atoms with Crippen molar-refractivity contribution in [3.63, 3.8) is 0 Å². The summed E-state index contributed by atoms with van der Waals surface area (Å²) >= 11 is 0. The van der Waals surface area contributed by atoms with Crippen LogP contribution in [0, 0.1) is 0 Å². The molecule has 0 aliphatic heterocycles. The molecule has 0 atom stereocenters. The standard InChI is InChI=1S/C14H20N2O4S/c1-10(2)15-14(18)9-16(21(4,19)20)13-7-5-12(6-8-13)11(3)17/h5-8,10H,9H2,1-4H3,(H,15,18). The van der Waals surface area contributed by atoms with E-state index in [0.717, 1.165) is 10.6 Å². The third-order valence-corrected chi connectivity index (χ3v) is 3.84. The normalized spacial score (nSPS) is 11.3. The van der Waals surface area contributed by atoms with E-state index in [9.17, 15) is 18.0 Å². The molecule has 1 amide bonds. The predicted molar refractivity (Wildman–Crippen MR) is 81.9 cm³/mol. The van der Waals surface area contributed by atoms with Gasteiger partial charge in [-0.05, 0) is 45.0 Å². The number of amides is 1. The van der Waals surface area contributed by atoms with Gasteiger partial charge in [-0.15, -0.1) is 0 Å². The maximum atomic E-state index is 11.9. The second-order valence-corrected chi connectivity index (χ2v) is 7.00. The van der Waals surface area contributed by atoms with Crippen molar-refractivity contribution in [1.29, 1.82) is 0 Å². The van der Waals surface area contributed by atoms with Crippen LogP contribution in [0.4, 0.5) is 5.69 Å². The number of anilines is 1.